The molecular formula is C8H12N4. The molecule has 0 saturated heterocycles. The summed E-state index contributed by atoms with van der Waals surface area (Å²) in [5, 5.41) is 16.1. The van der Waals surface area contributed by atoms with Crippen LogP contribution in [-0.4, -0.2) is 11.2 Å². The maximum Gasteiger partial charge on any atom is 0.335 e. The first-order chi connectivity index (χ1) is 5.33. The van der Waals surface area contributed by atoms with Gasteiger partial charge in [0, 0.05) is 13.8 Å². The van der Waals surface area contributed by atoms with E-state index in [0.29, 0.717) is 0 Å². The van der Waals surface area contributed by atoms with Crippen molar-refractivity contribution in [3.8, 4) is 6.07 Å². The molecule has 0 N–H and O–H groups in total. The lowest BCUT2D eigenvalue weighted by molar-refractivity contribution is 0.531. The second kappa shape index (κ2) is 3.32. The van der Waals surface area contributed by atoms with Crippen LogP contribution in [0.5, 0.6) is 0 Å². The van der Waals surface area contributed by atoms with Crippen LogP contribution in [0.25, 0.3) is 4.85 Å². The van der Waals surface area contributed by atoms with Gasteiger partial charge in [-0.25, -0.2) is 6.57 Å². The van der Waals surface area contributed by atoms with Crippen molar-refractivity contribution in [3.63, 3.8) is 0 Å². The first kappa shape index (κ1) is 10.6. The van der Waals surface area contributed by atoms with E-state index in [1.54, 1.807) is 27.7 Å². The van der Waals surface area contributed by atoms with Gasteiger partial charge < -0.3 is 0 Å². The lowest BCUT2D eigenvalue weighted by Crippen LogP contribution is -2.16. The third kappa shape index (κ3) is 3.68. The van der Waals surface area contributed by atoms with Crippen molar-refractivity contribution < 1.29 is 0 Å². The first-order valence-corrected chi connectivity index (χ1v) is 3.57. The summed E-state index contributed by atoms with van der Waals surface area (Å²) in [5.74, 6) is 0. The molecule has 0 aliphatic rings. The van der Waals surface area contributed by atoms with Crippen molar-refractivity contribution in [2.75, 3.05) is 0 Å². The van der Waals surface area contributed by atoms with Gasteiger partial charge in [-0.2, -0.15) is 10.4 Å². The third-order valence-electron chi connectivity index (χ3n) is 1.09. The van der Waals surface area contributed by atoms with E-state index in [2.05, 4.69) is 15.1 Å². The van der Waals surface area contributed by atoms with Crippen LogP contribution in [0, 0.1) is 17.9 Å². The minimum atomic E-state index is -0.853. The molecule has 0 atom stereocenters. The predicted molar refractivity (Wildman–Crippen MR) is 45.2 cm³/mol. The van der Waals surface area contributed by atoms with Gasteiger partial charge in [0.2, 0.25) is 0 Å². The molecule has 0 aromatic heterocycles. The summed E-state index contributed by atoms with van der Waals surface area (Å²) in [4.78, 5) is 3.24. The average Bonchev–Trinajstić information content (AvgIpc) is 2.02. The Balaban J connectivity index is 4.50. The molecule has 64 valence electrons. The van der Waals surface area contributed by atoms with Gasteiger partial charge in [0.05, 0.1) is 6.07 Å². The normalized spacial score (nSPS) is 12.5. The molecule has 0 aromatic rings. The molecule has 0 bridgehead atoms. The fourth-order valence-electron chi connectivity index (χ4n) is 0.292. The lowest BCUT2D eigenvalue weighted by atomic mass is 10.1. The summed E-state index contributed by atoms with van der Waals surface area (Å²) in [6, 6.07) is 1.97. The number of hydrogen-bond donors (Lipinski definition) is 0. The van der Waals surface area contributed by atoms with E-state index in [1.165, 1.54) is 0 Å². The number of nitrogens with zero attached hydrogens (tertiary/aromatic N) is 4. The van der Waals surface area contributed by atoms with Crippen molar-refractivity contribution in [2.24, 2.45) is 10.2 Å². The molecular weight excluding hydrogens is 152 g/mol. The molecule has 0 rings (SSSR count). The van der Waals surface area contributed by atoms with Crippen molar-refractivity contribution in [3.05, 3.63) is 11.4 Å². The largest absolute Gasteiger partial charge is 0.335 e. The summed E-state index contributed by atoms with van der Waals surface area (Å²) in [5.41, 5.74) is -1.68. The Kier molecular flexibility index (Phi) is 2.93. The summed E-state index contributed by atoms with van der Waals surface area (Å²) in [7, 11) is 0. The van der Waals surface area contributed by atoms with Crippen LogP contribution >= 0.6 is 0 Å². The Bertz CT molecular complexity index is 234. The van der Waals surface area contributed by atoms with Crippen LogP contribution in [0.4, 0.5) is 0 Å². The summed E-state index contributed by atoms with van der Waals surface area (Å²) in [6.07, 6.45) is 0. The molecule has 4 heteroatoms. The van der Waals surface area contributed by atoms with Crippen molar-refractivity contribution in [2.45, 2.75) is 38.9 Å². The zero-order chi connectivity index (χ0) is 9.83. The second-order valence-corrected chi connectivity index (χ2v) is 3.48. The van der Waals surface area contributed by atoms with Gasteiger partial charge in [-0.1, -0.05) is 0 Å². The van der Waals surface area contributed by atoms with Gasteiger partial charge in [0.25, 0.3) is 0 Å². The molecule has 0 amide bonds. The van der Waals surface area contributed by atoms with Gasteiger partial charge >= 0.3 is 5.66 Å². The molecule has 0 aromatic carbocycles. The summed E-state index contributed by atoms with van der Waals surface area (Å²) < 4.78 is 0. The number of rotatable bonds is 2. The van der Waals surface area contributed by atoms with Crippen LogP contribution in [0.3, 0.4) is 0 Å². The van der Waals surface area contributed by atoms with E-state index in [-0.39, 0.29) is 0 Å². The Hall–Kier alpha value is -1.42. The summed E-state index contributed by atoms with van der Waals surface area (Å²) >= 11 is 0. The lowest BCUT2D eigenvalue weighted by Gasteiger charge is -2.08. The van der Waals surface area contributed by atoms with E-state index >= 15 is 0 Å². The minimum absolute atomic E-state index is 0.831. The van der Waals surface area contributed by atoms with Gasteiger partial charge in [0.1, 0.15) is 0 Å². The van der Waals surface area contributed by atoms with Crippen LogP contribution < -0.4 is 0 Å². The molecule has 0 saturated carbocycles. The van der Waals surface area contributed by atoms with E-state index in [1.807, 2.05) is 6.07 Å². The first-order valence-electron chi connectivity index (χ1n) is 3.57. The van der Waals surface area contributed by atoms with E-state index in [4.69, 9.17) is 11.8 Å². The van der Waals surface area contributed by atoms with E-state index in [9.17, 15) is 0 Å². The Morgan fingerprint density at radius 1 is 1.25 bits per heavy atom. The minimum Gasteiger partial charge on any atom is -0.284 e. The maximum atomic E-state index is 8.58. The molecule has 0 aliphatic heterocycles. The van der Waals surface area contributed by atoms with Crippen molar-refractivity contribution >= 4 is 0 Å². The molecule has 0 spiro atoms. The van der Waals surface area contributed by atoms with Gasteiger partial charge in [-0.05, 0) is 13.8 Å². The van der Waals surface area contributed by atoms with Gasteiger partial charge in [-0.15, -0.1) is 5.11 Å². The van der Waals surface area contributed by atoms with E-state index < -0.39 is 11.2 Å². The highest BCUT2D eigenvalue weighted by molar-refractivity contribution is 5.00. The van der Waals surface area contributed by atoms with Crippen molar-refractivity contribution in [1.29, 1.82) is 5.26 Å². The monoisotopic (exact) mass is 164 g/mol. The van der Waals surface area contributed by atoms with Crippen LogP contribution in [-0.2, 0) is 0 Å². The standard InChI is InChI=1S/C8H12N4/c1-7(2,6-9)11-12-8(3,4)10-5/h1-4H3/b12-11+. The Labute approximate surface area is 72.7 Å². The fourth-order valence-corrected chi connectivity index (χ4v) is 0.292. The topological polar surface area (TPSA) is 52.9 Å². The highest BCUT2D eigenvalue weighted by Gasteiger charge is 2.23. The molecule has 4 nitrogen and oxygen atoms in total. The number of nitriles is 1. The van der Waals surface area contributed by atoms with Crippen molar-refractivity contribution in [1.82, 2.24) is 0 Å². The number of hydrogen-bond acceptors (Lipinski definition) is 3. The highest BCUT2D eigenvalue weighted by Crippen LogP contribution is 2.15. The maximum absolute atomic E-state index is 8.58. The molecule has 0 heterocycles. The third-order valence-corrected chi connectivity index (χ3v) is 1.09. The van der Waals surface area contributed by atoms with Gasteiger partial charge in [-0.3, -0.25) is 4.85 Å². The quantitative estimate of drug-likeness (QED) is 0.456. The van der Waals surface area contributed by atoms with Crippen LogP contribution in [0.15, 0.2) is 10.2 Å². The second-order valence-electron chi connectivity index (χ2n) is 3.48. The molecule has 0 radical (unpaired) electrons. The molecule has 12 heavy (non-hydrogen) atoms. The van der Waals surface area contributed by atoms with Crippen LogP contribution in [0.2, 0.25) is 0 Å². The van der Waals surface area contributed by atoms with Crippen LogP contribution in [0.1, 0.15) is 27.7 Å². The molecule has 0 unspecified atom stereocenters. The average molecular weight is 164 g/mol. The highest BCUT2D eigenvalue weighted by atomic mass is 15.2. The smallest absolute Gasteiger partial charge is 0.284 e. The van der Waals surface area contributed by atoms with E-state index in [0.717, 1.165) is 0 Å². The summed E-state index contributed by atoms with van der Waals surface area (Å²) in [6.45, 7) is 13.4. The zero-order valence-corrected chi connectivity index (χ0v) is 7.79. The molecule has 0 fully saturated rings. The zero-order valence-electron chi connectivity index (χ0n) is 7.79. The fraction of sp³-hybridized carbons (Fsp3) is 0.750. The number of azo groups is 1. The SMILES string of the molecule is [C-]#[N+]C(C)(C)/N=N/C(C)(C)C#N. The Morgan fingerprint density at radius 2 is 1.75 bits per heavy atom. The van der Waals surface area contributed by atoms with Gasteiger partial charge in [0.15, 0.2) is 5.54 Å². The predicted octanol–water partition coefficient (Wildman–Crippen LogP) is 2.40. The Morgan fingerprint density at radius 3 is 2.08 bits per heavy atom. The molecule has 0 aliphatic carbocycles.